The molecule has 1 rings (SSSR count). The third-order valence-corrected chi connectivity index (χ3v) is 4.52. The van der Waals surface area contributed by atoms with E-state index in [1.165, 1.54) is 12.1 Å². The molecule has 0 aliphatic rings. The Balaban J connectivity index is 3.03. The Bertz CT molecular complexity index is 474. The summed E-state index contributed by atoms with van der Waals surface area (Å²) in [6, 6.07) is 4.47. The lowest BCUT2D eigenvalue weighted by molar-refractivity contribution is 0.556. The SMILES string of the molecule is CCC(C)NS(=O)(=O)c1ccc(N)c(Br)c1. The van der Waals surface area contributed by atoms with Gasteiger partial charge in [0.2, 0.25) is 10.0 Å². The van der Waals surface area contributed by atoms with Gasteiger partial charge in [-0.2, -0.15) is 0 Å². The number of hydrogen-bond acceptors (Lipinski definition) is 3. The lowest BCUT2D eigenvalue weighted by atomic mass is 10.3. The van der Waals surface area contributed by atoms with Crippen molar-refractivity contribution in [3.05, 3.63) is 22.7 Å². The molecule has 1 aromatic carbocycles. The van der Waals surface area contributed by atoms with Crippen molar-refractivity contribution in [2.75, 3.05) is 5.73 Å². The first-order chi connectivity index (χ1) is 7.36. The van der Waals surface area contributed by atoms with Gasteiger partial charge in [-0.1, -0.05) is 6.92 Å². The first kappa shape index (κ1) is 13.5. The zero-order valence-corrected chi connectivity index (χ0v) is 11.6. The summed E-state index contributed by atoms with van der Waals surface area (Å²) in [5, 5.41) is 0. The molecule has 16 heavy (non-hydrogen) atoms. The predicted octanol–water partition coefficient (Wildman–Crippen LogP) is 2.11. The van der Waals surface area contributed by atoms with Gasteiger partial charge in [-0.15, -0.1) is 0 Å². The van der Waals surface area contributed by atoms with Gasteiger partial charge in [0, 0.05) is 16.2 Å². The molecule has 3 N–H and O–H groups in total. The number of nitrogen functional groups attached to an aromatic ring is 1. The first-order valence-corrected chi connectivity index (χ1v) is 7.21. The smallest absolute Gasteiger partial charge is 0.240 e. The van der Waals surface area contributed by atoms with Crippen molar-refractivity contribution in [3.63, 3.8) is 0 Å². The molecule has 0 aromatic heterocycles. The molecule has 0 aliphatic heterocycles. The van der Waals surface area contributed by atoms with Crippen molar-refractivity contribution in [2.24, 2.45) is 0 Å². The topological polar surface area (TPSA) is 72.2 Å². The van der Waals surface area contributed by atoms with E-state index in [2.05, 4.69) is 20.7 Å². The Morgan fingerprint density at radius 1 is 1.50 bits per heavy atom. The van der Waals surface area contributed by atoms with Gasteiger partial charge in [-0.3, -0.25) is 0 Å². The largest absolute Gasteiger partial charge is 0.398 e. The molecule has 0 spiro atoms. The highest BCUT2D eigenvalue weighted by molar-refractivity contribution is 9.10. The summed E-state index contributed by atoms with van der Waals surface area (Å²) in [6.45, 7) is 3.75. The Kier molecular flexibility index (Phi) is 4.35. The van der Waals surface area contributed by atoms with Crippen LogP contribution in [0.15, 0.2) is 27.6 Å². The number of nitrogens with two attached hydrogens (primary N) is 1. The maximum atomic E-state index is 11.9. The summed E-state index contributed by atoms with van der Waals surface area (Å²) in [4.78, 5) is 0.217. The van der Waals surface area contributed by atoms with E-state index in [0.29, 0.717) is 10.2 Å². The van der Waals surface area contributed by atoms with Crippen LogP contribution in [0.25, 0.3) is 0 Å². The Morgan fingerprint density at radius 2 is 2.12 bits per heavy atom. The van der Waals surface area contributed by atoms with Crippen LogP contribution in [-0.4, -0.2) is 14.5 Å². The van der Waals surface area contributed by atoms with Gasteiger partial charge in [0.05, 0.1) is 4.90 Å². The van der Waals surface area contributed by atoms with Crippen LogP contribution in [0.1, 0.15) is 20.3 Å². The second-order valence-electron chi connectivity index (χ2n) is 3.61. The van der Waals surface area contributed by atoms with E-state index < -0.39 is 10.0 Å². The minimum atomic E-state index is -3.45. The van der Waals surface area contributed by atoms with Crippen molar-refractivity contribution < 1.29 is 8.42 Å². The van der Waals surface area contributed by atoms with Crippen LogP contribution >= 0.6 is 15.9 Å². The van der Waals surface area contributed by atoms with E-state index in [1.807, 2.05) is 13.8 Å². The molecule has 0 radical (unpaired) electrons. The molecule has 6 heteroatoms. The molecule has 0 saturated carbocycles. The van der Waals surface area contributed by atoms with E-state index >= 15 is 0 Å². The minimum Gasteiger partial charge on any atom is -0.398 e. The fourth-order valence-corrected chi connectivity index (χ4v) is 2.97. The van der Waals surface area contributed by atoms with Crippen molar-refractivity contribution >= 4 is 31.6 Å². The summed E-state index contributed by atoms with van der Waals surface area (Å²) in [6.07, 6.45) is 0.745. The Morgan fingerprint density at radius 3 is 2.62 bits per heavy atom. The quantitative estimate of drug-likeness (QED) is 0.837. The molecule has 0 bridgehead atoms. The fourth-order valence-electron chi connectivity index (χ4n) is 1.09. The van der Waals surface area contributed by atoms with Gasteiger partial charge < -0.3 is 5.73 Å². The average molecular weight is 307 g/mol. The van der Waals surface area contributed by atoms with Crippen molar-refractivity contribution in [1.29, 1.82) is 0 Å². The Hall–Kier alpha value is -0.590. The van der Waals surface area contributed by atoms with Crippen molar-refractivity contribution in [2.45, 2.75) is 31.2 Å². The molecule has 90 valence electrons. The molecule has 0 saturated heterocycles. The molecule has 0 aliphatic carbocycles. The lowest BCUT2D eigenvalue weighted by Gasteiger charge is -2.12. The number of benzene rings is 1. The Labute approximate surface area is 104 Å². The van der Waals surface area contributed by atoms with Crippen LogP contribution in [0.2, 0.25) is 0 Å². The molecule has 1 unspecified atom stereocenters. The fraction of sp³-hybridized carbons (Fsp3) is 0.400. The first-order valence-electron chi connectivity index (χ1n) is 4.94. The van der Waals surface area contributed by atoms with E-state index in [0.717, 1.165) is 6.42 Å². The molecule has 0 amide bonds. The minimum absolute atomic E-state index is 0.0821. The normalized spacial score (nSPS) is 13.7. The van der Waals surface area contributed by atoms with Gasteiger partial charge >= 0.3 is 0 Å². The zero-order valence-electron chi connectivity index (χ0n) is 9.20. The van der Waals surface area contributed by atoms with Crippen LogP contribution in [0.4, 0.5) is 5.69 Å². The van der Waals surface area contributed by atoms with Gasteiger partial charge in [0.25, 0.3) is 0 Å². The molecular formula is C10H15BrN2O2S. The second-order valence-corrected chi connectivity index (χ2v) is 6.18. The number of anilines is 1. The van der Waals surface area contributed by atoms with Crippen molar-refractivity contribution in [1.82, 2.24) is 4.72 Å². The highest BCUT2D eigenvalue weighted by atomic mass is 79.9. The lowest BCUT2D eigenvalue weighted by Crippen LogP contribution is -2.32. The maximum absolute atomic E-state index is 11.9. The third kappa shape index (κ3) is 3.20. The third-order valence-electron chi connectivity index (χ3n) is 2.25. The van der Waals surface area contributed by atoms with Crippen LogP contribution in [0, 0.1) is 0 Å². The number of rotatable bonds is 4. The summed E-state index contributed by atoms with van der Waals surface area (Å²) in [5.41, 5.74) is 6.11. The van der Waals surface area contributed by atoms with Crippen LogP contribution in [0.5, 0.6) is 0 Å². The summed E-state index contributed by atoms with van der Waals surface area (Å²) < 4.78 is 26.9. The molecule has 1 atom stereocenters. The monoisotopic (exact) mass is 306 g/mol. The standard InChI is InChI=1S/C10H15BrN2O2S/c1-3-7(2)13-16(14,15)8-4-5-10(12)9(11)6-8/h4-7,13H,3,12H2,1-2H3. The van der Waals surface area contributed by atoms with E-state index in [9.17, 15) is 8.42 Å². The van der Waals surface area contributed by atoms with Crippen LogP contribution in [0.3, 0.4) is 0 Å². The number of nitrogens with one attached hydrogen (secondary N) is 1. The van der Waals surface area contributed by atoms with Crippen LogP contribution < -0.4 is 10.5 Å². The number of hydrogen-bond donors (Lipinski definition) is 2. The highest BCUT2D eigenvalue weighted by Gasteiger charge is 2.17. The van der Waals surface area contributed by atoms with Gasteiger partial charge in [0.1, 0.15) is 0 Å². The molecule has 4 nitrogen and oxygen atoms in total. The summed E-state index contributed by atoms with van der Waals surface area (Å²) >= 11 is 3.20. The number of sulfonamides is 1. The predicted molar refractivity (Wildman–Crippen MR) is 68.6 cm³/mol. The van der Waals surface area contributed by atoms with Crippen molar-refractivity contribution in [3.8, 4) is 0 Å². The average Bonchev–Trinajstić information content (AvgIpc) is 2.21. The van der Waals surface area contributed by atoms with E-state index in [-0.39, 0.29) is 10.9 Å². The maximum Gasteiger partial charge on any atom is 0.240 e. The zero-order chi connectivity index (χ0) is 12.3. The van der Waals surface area contributed by atoms with Gasteiger partial charge in [-0.05, 0) is 47.5 Å². The highest BCUT2D eigenvalue weighted by Crippen LogP contribution is 2.23. The van der Waals surface area contributed by atoms with E-state index in [1.54, 1.807) is 6.07 Å². The number of halogens is 1. The summed E-state index contributed by atoms with van der Waals surface area (Å²) in [5.74, 6) is 0. The second kappa shape index (κ2) is 5.16. The van der Waals surface area contributed by atoms with Crippen LogP contribution in [-0.2, 0) is 10.0 Å². The molecular weight excluding hydrogens is 292 g/mol. The van der Waals surface area contributed by atoms with E-state index in [4.69, 9.17) is 5.73 Å². The van der Waals surface area contributed by atoms with Gasteiger partial charge in [-0.25, -0.2) is 13.1 Å². The molecule has 0 fully saturated rings. The van der Waals surface area contributed by atoms with Gasteiger partial charge in [0.15, 0.2) is 0 Å². The molecule has 0 heterocycles. The summed E-state index contributed by atoms with van der Waals surface area (Å²) in [7, 11) is -3.45. The molecule has 1 aromatic rings.